The number of carbonyl (C=O) groups is 1. The van der Waals surface area contributed by atoms with E-state index in [9.17, 15) is 4.79 Å². The molecule has 1 aromatic heterocycles. The maximum Gasteiger partial charge on any atom is 0.224 e. The zero-order valence-corrected chi connectivity index (χ0v) is 12.9. The fourth-order valence-corrected chi connectivity index (χ4v) is 2.18. The van der Waals surface area contributed by atoms with Gasteiger partial charge in [-0.05, 0) is 32.0 Å². The fourth-order valence-electron chi connectivity index (χ4n) is 2.00. The minimum absolute atomic E-state index is 0.189. The van der Waals surface area contributed by atoms with Crippen LogP contribution in [0.3, 0.4) is 0 Å². The zero-order valence-electron chi connectivity index (χ0n) is 12.2. The summed E-state index contributed by atoms with van der Waals surface area (Å²) in [6.07, 6.45) is 0.863. The van der Waals surface area contributed by atoms with Crippen LogP contribution in [0.25, 0.3) is 0 Å². The summed E-state index contributed by atoms with van der Waals surface area (Å²) in [5.41, 5.74) is 0.412. The number of benzene rings is 1. The van der Waals surface area contributed by atoms with Crippen LogP contribution in [-0.4, -0.2) is 28.8 Å². The maximum absolute atomic E-state index is 12.6. The topological polar surface area (TPSA) is 53.4 Å². The molecular formula is C15H17ClN2O3. The average molecular weight is 309 g/mol. The predicted octanol–water partition coefficient (Wildman–Crippen LogP) is 3.22. The SMILES string of the molecule is CCn1ncc(OC)c1C(=O)C(C)Oc1cccc(Cl)c1. The number of carbonyl (C=O) groups excluding carboxylic acids is 1. The van der Waals surface area contributed by atoms with Gasteiger partial charge in [0, 0.05) is 11.6 Å². The van der Waals surface area contributed by atoms with Crippen molar-refractivity contribution in [3.8, 4) is 11.5 Å². The van der Waals surface area contributed by atoms with E-state index in [0.717, 1.165) is 0 Å². The van der Waals surface area contributed by atoms with Crippen molar-refractivity contribution in [2.45, 2.75) is 26.5 Å². The lowest BCUT2D eigenvalue weighted by molar-refractivity contribution is 0.0803. The Morgan fingerprint density at radius 2 is 2.24 bits per heavy atom. The number of halogens is 1. The smallest absolute Gasteiger partial charge is 0.224 e. The summed E-state index contributed by atoms with van der Waals surface area (Å²) in [7, 11) is 1.51. The molecular weight excluding hydrogens is 292 g/mol. The molecule has 1 aromatic carbocycles. The molecule has 0 radical (unpaired) electrons. The Balaban J connectivity index is 2.21. The molecule has 6 heteroatoms. The molecule has 2 aromatic rings. The summed E-state index contributed by atoms with van der Waals surface area (Å²) in [4.78, 5) is 12.6. The van der Waals surface area contributed by atoms with Crippen molar-refractivity contribution < 1.29 is 14.3 Å². The molecule has 2 rings (SSSR count). The third-order valence-corrected chi connectivity index (χ3v) is 3.27. The summed E-state index contributed by atoms with van der Waals surface area (Å²) >= 11 is 5.90. The Hall–Kier alpha value is -2.01. The van der Waals surface area contributed by atoms with Gasteiger partial charge in [-0.1, -0.05) is 17.7 Å². The number of methoxy groups -OCH3 is 1. The standard InChI is InChI=1S/C15H17ClN2O3/c1-4-18-14(13(20-3)9-17-18)15(19)10(2)21-12-7-5-6-11(16)8-12/h5-10H,4H2,1-3H3. The number of nitrogens with zero attached hydrogens (tertiary/aromatic N) is 2. The highest BCUT2D eigenvalue weighted by atomic mass is 35.5. The van der Waals surface area contributed by atoms with Crippen LogP contribution in [0.4, 0.5) is 0 Å². The van der Waals surface area contributed by atoms with Gasteiger partial charge in [-0.3, -0.25) is 9.48 Å². The predicted molar refractivity (Wildman–Crippen MR) is 80.3 cm³/mol. The molecule has 0 N–H and O–H groups in total. The Labute approximate surface area is 128 Å². The second kappa shape index (κ2) is 6.63. The molecule has 5 nitrogen and oxygen atoms in total. The van der Waals surface area contributed by atoms with Crippen LogP contribution in [-0.2, 0) is 6.54 Å². The quantitative estimate of drug-likeness (QED) is 0.769. The highest BCUT2D eigenvalue weighted by Crippen LogP contribution is 2.23. The number of ether oxygens (including phenoxy) is 2. The summed E-state index contributed by atoms with van der Waals surface area (Å²) < 4.78 is 12.4. The number of hydrogen-bond acceptors (Lipinski definition) is 4. The van der Waals surface area contributed by atoms with Crippen molar-refractivity contribution in [2.75, 3.05) is 7.11 Å². The zero-order chi connectivity index (χ0) is 15.4. The van der Waals surface area contributed by atoms with Crippen molar-refractivity contribution in [1.29, 1.82) is 0 Å². The van der Waals surface area contributed by atoms with Crippen LogP contribution >= 0.6 is 11.6 Å². The Morgan fingerprint density at radius 1 is 1.48 bits per heavy atom. The van der Waals surface area contributed by atoms with Crippen molar-refractivity contribution in [3.05, 3.63) is 41.2 Å². The van der Waals surface area contributed by atoms with E-state index >= 15 is 0 Å². The van der Waals surface area contributed by atoms with Gasteiger partial charge in [0.05, 0.1) is 13.3 Å². The van der Waals surface area contributed by atoms with E-state index in [-0.39, 0.29) is 5.78 Å². The number of aryl methyl sites for hydroxylation is 1. The molecule has 0 aliphatic rings. The summed E-state index contributed by atoms with van der Waals surface area (Å²) in [6, 6.07) is 6.94. The van der Waals surface area contributed by atoms with Gasteiger partial charge in [-0.25, -0.2) is 0 Å². The first-order chi connectivity index (χ1) is 10.1. The van der Waals surface area contributed by atoms with E-state index in [2.05, 4.69) is 5.10 Å². The molecule has 1 heterocycles. The first-order valence-corrected chi connectivity index (χ1v) is 7.00. The molecule has 0 saturated carbocycles. The minimum atomic E-state index is -0.667. The van der Waals surface area contributed by atoms with Gasteiger partial charge in [0.2, 0.25) is 5.78 Å². The lowest BCUT2D eigenvalue weighted by Gasteiger charge is -2.15. The molecule has 0 aliphatic carbocycles. The van der Waals surface area contributed by atoms with Crippen LogP contribution in [0.2, 0.25) is 5.02 Å². The Bertz CT molecular complexity index is 618. The molecule has 1 atom stereocenters. The first-order valence-electron chi connectivity index (χ1n) is 6.63. The highest BCUT2D eigenvalue weighted by Gasteiger charge is 2.25. The highest BCUT2D eigenvalue weighted by molar-refractivity contribution is 6.30. The van der Waals surface area contributed by atoms with Gasteiger partial charge in [-0.2, -0.15) is 5.10 Å². The first kappa shape index (κ1) is 15.4. The van der Waals surface area contributed by atoms with E-state index in [0.29, 0.717) is 28.8 Å². The molecule has 0 fully saturated rings. The van der Waals surface area contributed by atoms with Gasteiger partial charge in [-0.15, -0.1) is 0 Å². The lowest BCUT2D eigenvalue weighted by atomic mass is 10.1. The number of ketones is 1. The van der Waals surface area contributed by atoms with Gasteiger partial charge < -0.3 is 9.47 Å². The minimum Gasteiger partial charge on any atom is -0.493 e. The van der Waals surface area contributed by atoms with Gasteiger partial charge in [0.1, 0.15) is 11.4 Å². The molecule has 0 bridgehead atoms. The Kier molecular flexibility index (Phi) is 4.85. The largest absolute Gasteiger partial charge is 0.493 e. The van der Waals surface area contributed by atoms with Gasteiger partial charge >= 0.3 is 0 Å². The number of Topliss-reactive ketones (excluding diaryl/α,β-unsaturated/α-hetero) is 1. The number of aromatic nitrogens is 2. The molecule has 112 valence electrons. The summed E-state index contributed by atoms with van der Waals surface area (Å²) in [5.74, 6) is 0.805. The van der Waals surface area contributed by atoms with Crippen molar-refractivity contribution in [3.63, 3.8) is 0 Å². The molecule has 0 amide bonds. The molecule has 0 spiro atoms. The number of rotatable bonds is 6. The third kappa shape index (κ3) is 3.36. The van der Waals surface area contributed by atoms with Crippen molar-refractivity contribution in [1.82, 2.24) is 9.78 Å². The summed E-state index contributed by atoms with van der Waals surface area (Å²) in [6.45, 7) is 4.18. The van der Waals surface area contributed by atoms with Crippen molar-refractivity contribution >= 4 is 17.4 Å². The van der Waals surface area contributed by atoms with Gasteiger partial charge in [0.15, 0.2) is 11.9 Å². The molecule has 21 heavy (non-hydrogen) atoms. The van der Waals surface area contributed by atoms with Crippen molar-refractivity contribution in [2.24, 2.45) is 0 Å². The van der Waals surface area contributed by atoms with E-state index in [1.807, 2.05) is 6.92 Å². The second-order valence-electron chi connectivity index (χ2n) is 4.46. The second-order valence-corrected chi connectivity index (χ2v) is 4.90. The van der Waals surface area contributed by atoms with Gasteiger partial charge in [0.25, 0.3) is 0 Å². The monoisotopic (exact) mass is 308 g/mol. The normalized spacial score (nSPS) is 12.0. The van der Waals surface area contributed by atoms with E-state index in [4.69, 9.17) is 21.1 Å². The lowest BCUT2D eigenvalue weighted by Crippen LogP contribution is -2.26. The third-order valence-electron chi connectivity index (χ3n) is 3.04. The summed E-state index contributed by atoms with van der Waals surface area (Å²) in [5, 5.41) is 4.68. The molecule has 0 aliphatic heterocycles. The molecule has 0 saturated heterocycles. The Morgan fingerprint density at radius 3 is 2.86 bits per heavy atom. The maximum atomic E-state index is 12.6. The average Bonchev–Trinajstić information content (AvgIpc) is 2.89. The van der Waals surface area contributed by atoms with E-state index in [1.165, 1.54) is 13.3 Å². The van der Waals surface area contributed by atoms with Crippen LogP contribution < -0.4 is 9.47 Å². The van der Waals surface area contributed by atoms with Crippen LogP contribution in [0.5, 0.6) is 11.5 Å². The molecule has 1 unspecified atom stereocenters. The van der Waals surface area contributed by atoms with E-state index < -0.39 is 6.10 Å². The van der Waals surface area contributed by atoms with Crippen LogP contribution in [0, 0.1) is 0 Å². The fraction of sp³-hybridized carbons (Fsp3) is 0.333. The number of hydrogen-bond donors (Lipinski definition) is 0. The van der Waals surface area contributed by atoms with E-state index in [1.54, 1.807) is 35.9 Å². The van der Waals surface area contributed by atoms with Crippen LogP contribution in [0.15, 0.2) is 30.5 Å². The van der Waals surface area contributed by atoms with Crippen LogP contribution in [0.1, 0.15) is 24.3 Å².